The van der Waals surface area contributed by atoms with Gasteiger partial charge in [-0.15, -0.1) is 0 Å². The van der Waals surface area contributed by atoms with Crippen LogP contribution >= 0.6 is 0 Å². The first-order valence-corrected chi connectivity index (χ1v) is 9.72. The molecule has 2 aliphatic heterocycles. The highest BCUT2D eigenvalue weighted by Gasteiger charge is 2.30. The zero-order chi connectivity index (χ0) is 16.8. The third-order valence-corrected chi connectivity index (χ3v) is 5.65. The summed E-state index contributed by atoms with van der Waals surface area (Å²) in [5.74, 6) is -0.139. The molecule has 2 aliphatic rings. The Balaban J connectivity index is 1.80. The molecule has 0 radical (unpaired) electrons. The molecule has 2 fully saturated rings. The molecule has 0 spiro atoms. The maximum atomic E-state index is 13.4. The fourth-order valence-electron chi connectivity index (χ4n) is 4.22. The summed E-state index contributed by atoms with van der Waals surface area (Å²) in [5, 5.41) is 3.53. The molecule has 2 unspecified atom stereocenters. The van der Waals surface area contributed by atoms with E-state index in [1.807, 2.05) is 12.1 Å². The third-order valence-electron chi connectivity index (χ3n) is 5.65. The molecule has 0 aromatic heterocycles. The number of hydrogen-bond donors (Lipinski definition) is 1. The standard InChI is InChI=1S/C20H32FN3/c1-2-19-15-22-11-14-24(19)20(17-7-9-18(21)10-8-17)16-23-12-5-3-4-6-13-23/h7-10,19-20,22H,2-6,11-16H2,1H3. The van der Waals surface area contributed by atoms with E-state index in [4.69, 9.17) is 0 Å². The molecule has 0 bridgehead atoms. The molecular formula is C20H32FN3. The summed E-state index contributed by atoms with van der Waals surface area (Å²) in [6, 6.07) is 8.16. The van der Waals surface area contributed by atoms with Gasteiger partial charge >= 0.3 is 0 Å². The van der Waals surface area contributed by atoms with Crippen molar-refractivity contribution in [2.45, 2.75) is 51.1 Å². The summed E-state index contributed by atoms with van der Waals surface area (Å²) in [6.07, 6.45) is 6.51. The Morgan fingerprint density at radius 3 is 2.46 bits per heavy atom. The highest BCUT2D eigenvalue weighted by atomic mass is 19.1. The van der Waals surface area contributed by atoms with Crippen LogP contribution in [0.5, 0.6) is 0 Å². The Kier molecular flexibility index (Phi) is 6.64. The van der Waals surface area contributed by atoms with Crippen LogP contribution in [0.4, 0.5) is 4.39 Å². The average molecular weight is 333 g/mol. The van der Waals surface area contributed by atoms with E-state index in [9.17, 15) is 4.39 Å². The van der Waals surface area contributed by atoms with Crippen LogP contribution in [-0.2, 0) is 0 Å². The van der Waals surface area contributed by atoms with Crippen molar-refractivity contribution in [2.24, 2.45) is 0 Å². The first-order valence-electron chi connectivity index (χ1n) is 9.72. The topological polar surface area (TPSA) is 18.5 Å². The van der Waals surface area contributed by atoms with E-state index >= 15 is 0 Å². The van der Waals surface area contributed by atoms with Gasteiger partial charge in [-0.1, -0.05) is 31.9 Å². The average Bonchev–Trinajstić information content (AvgIpc) is 2.89. The van der Waals surface area contributed by atoms with Gasteiger partial charge in [-0.3, -0.25) is 4.90 Å². The van der Waals surface area contributed by atoms with E-state index in [0.29, 0.717) is 12.1 Å². The summed E-state index contributed by atoms with van der Waals surface area (Å²) in [7, 11) is 0. The predicted octanol–water partition coefficient (Wildman–Crippen LogP) is 3.43. The van der Waals surface area contributed by atoms with Gasteiger partial charge in [0.15, 0.2) is 0 Å². The SMILES string of the molecule is CCC1CNCCN1C(CN1CCCCCC1)c1ccc(F)cc1. The van der Waals surface area contributed by atoms with Gasteiger partial charge in [0.25, 0.3) is 0 Å². The monoisotopic (exact) mass is 333 g/mol. The number of nitrogens with zero attached hydrogens (tertiary/aromatic N) is 2. The van der Waals surface area contributed by atoms with Crippen LogP contribution in [0.1, 0.15) is 50.6 Å². The molecule has 2 saturated heterocycles. The number of nitrogens with one attached hydrogen (secondary N) is 1. The molecule has 1 aromatic rings. The lowest BCUT2D eigenvalue weighted by Crippen LogP contribution is -2.54. The zero-order valence-corrected chi connectivity index (χ0v) is 15.0. The Bertz CT molecular complexity index is 482. The van der Waals surface area contributed by atoms with Crippen molar-refractivity contribution in [2.75, 3.05) is 39.3 Å². The first kappa shape index (κ1) is 17.8. The van der Waals surface area contributed by atoms with Gasteiger partial charge in [0.1, 0.15) is 5.82 Å². The summed E-state index contributed by atoms with van der Waals surface area (Å²) >= 11 is 0. The van der Waals surface area contributed by atoms with E-state index in [2.05, 4.69) is 22.0 Å². The molecule has 4 heteroatoms. The van der Waals surface area contributed by atoms with Crippen molar-refractivity contribution in [3.63, 3.8) is 0 Å². The largest absolute Gasteiger partial charge is 0.314 e. The Labute approximate surface area is 146 Å². The second-order valence-electron chi connectivity index (χ2n) is 7.29. The fourth-order valence-corrected chi connectivity index (χ4v) is 4.22. The van der Waals surface area contributed by atoms with Crippen LogP contribution in [0.3, 0.4) is 0 Å². The molecule has 0 aliphatic carbocycles. The van der Waals surface area contributed by atoms with Crippen LogP contribution in [-0.4, -0.2) is 55.1 Å². The van der Waals surface area contributed by atoms with Crippen molar-refractivity contribution in [3.05, 3.63) is 35.6 Å². The molecule has 134 valence electrons. The smallest absolute Gasteiger partial charge is 0.123 e. The molecule has 1 N–H and O–H groups in total. The van der Waals surface area contributed by atoms with Crippen molar-refractivity contribution in [1.29, 1.82) is 0 Å². The number of halogens is 1. The summed E-state index contributed by atoms with van der Waals surface area (Å²) in [4.78, 5) is 5.30. The molecule has 2 atom stereocenters. The number of likely N-dealkylation sites (tertiary alicyclic amines) is 1. The first-order chi connectivity index (χ1) is 11.8. The van der Waals surface area contributed by atoms with Gasteiger partial charge in [0, 0.05) is 38.3 Å². The second-order valence-corrected chi connectivity index (χ2v) is 7.29. The second kappa shape index (κ2) is 8.93. The molecule has 3 rings (SSSR count). The van der Waals surface area contributed by atoms with Crippen LogP contribution < -0.4 is 5.32 Å². The van der Waals surface area contributed by atoms with Crippen LogP contribution in [0, 0.1) is 5.82 Å². The lowest BCUT2D eigenvalue weighted by Gasteiger charge is -2.43. The van der Waals surface area contributed by atoms with Crippen molar-refractivity contribution in [1.82, 2.24) is 15.1 Å². The Hall–Kier alpha value is -0.970. The molecule has 3 nitrogen and oxygen atoms in total. The van der Waals surface area contributed by atoms with Crippen LogP contribution in [0.2, 0.25) is 0 Å². The van der Waals surface area contributed by atoms with E-state index in [0.717, 1.165) is 32.6 Å². The van der Waals surface area contributed by atoms with Gasteiger partial charge in [-0.25, -0.2) is 4.39 Å². The fraction of sp³-hybridized carbons (Fsp3) is 0.700. The Morgan fingerprint density at radius 2 is 1.79 bits per heavy atom. The van der Waals surface area contributed by atoms with Crippen LogP contribution in [0.25, 0.3) is 0 Å². The number of benzene rings is 1. The predicted molar refractivity (Wildman–Crippen MR) is 97.7 cm³/mol. The summed E-state index contributed by atoms with van der Waals surface area (Å²) < 4.78 is 13.4. The van der Waals surface area contributed by atoms with Gasteiger partial charge < -0.3 is 10.2 Å². The normalized spacial score (nSPS) is 25.3. The molecule has 1 aromatic carbocycles. The summed E-state index contributed by atoms with van der Waals surface area (Å²) in [6.45, 7) is 8.96. The third kappa shape index (κ3) is 4.56. The Morgan fingerprint density at radius 1 is 1.08 bits per heavy atom. The lowest BCUT2D eigenvalue weighted by molar-refractivity contribution is 0.0749. The molecule has 24 heavy (non-hydrogen) atoms. The minimum atomic E-state index is -0.139. The lowest BCUT2D eigenvalue weighted by atomic mass is 9.99. The van der Waals surface area contributed by atoms with Crippen molar-refractivity contribution < 1.29 is 4.39 Å². The molecular weight excluding hydrogens is 301 g/mol. The minimum Gasteiger partial charge on any atom is -0.314 e. The van der Waals surface area contributed by atoms with Gasteiger partial charge in [-0.2, -0.15) is 0 Å². The van der Waals surface area contributed by atoms with E-state index in [-0.39, 0.29) is 5.82 Å². The van der Waals surface area contributed by atoms with Gasteiger partial charge in [-0.05, 0) is 50.0 Å². The summed E-state index contributed by atoms with van der Waals surface area (Å²) in [5.41, 5.74) is 1.26. The molecule has 2 heterocycles. The molecule has 0 amide bonds. The minimum absolute atomic E-state index is 0.139. The number of piperazine rings is 1. The quantitative estimate of drug-likeness (QED) is 0.891. The highest BCUT2D eigenvalue weighted by molar-refractivity contribution is 5.21. The van der Waals surface area contributed by atoms with Crippen molar-refractivity contribution >= 4 is 0 Å². The van der Waals surface area contributed by atoms with E-state index in [1.54, 1.807) is 12.1 Å². The van der Waals surface area contributed by atoms with Crippen molar-refractivity contribution in [3.8, 4) is 0 Å². The van der Waals surface area contributed by atoms with Crippen LogP contribution in [0.15, 0.2) is 24.3 Å². The van der Waals surface area contributed by atoms with E-state index in [1.165, 1.54) is 44.3 Å². The van der Waals surface area contributed by atoms with E-state index < -0.39 is 0 Å². The number of hydrogen-bond acceptors (Lipinski definition) is 3. The zero-order valence-electron chi connectivity index (χ0n) is 15.0. The highest BCUT2D eigenvalue weighted by Crippen LogP contribution is 2.27. The molecule has 0 saturated carbocycles. The maximum Gasteiger partial charge on any atom is 0.123 e. The van der Waals surface area contributed by atoms with Gasteiger partial charge in [0.05, 0.1) is 0 Å². The number of rotatable bonds is 5. The maximum absolute atomic E-state index is 13.4. The van der Waals surface area contributed by atoms with Gasteiger partial charge in [0.2, 0.25) is 0 Å².